The van der Waals surface area contributed by atoms with E-state index in [0.717, 1.165) is 31.1 Å². The molecule has 0 amide bonds. The lowest BCUT2D eigenvalue weighted by Crippen LogP contribution is -2.31. The Morgan fingerprint density at radius 1 is 1.42 bits per heavy atom. The van der Waals surface area contributed by atoms with Gasteiger partial charge in [0.05, 0.1) is 5.56 Å². The summed E-state index contributed by atoms with van der Waals surface area (Å²) in [7, 11) is 1.72. The second-order valence-corrected chi connectivity index (χ2v) is 5.98. The van der Waals surface area contributed by atoms with E-state index in [4.69, 9.17) is 0 Å². The molecule has 19 heavy (non-hydrogen) atoms. The van der Waals surface area contributed by atoms with Crippen LogP contribution in [0.1, 0.15) is 36.4 Å². The van der Waals surface area contributed by atoms with Gasteiger partial charge in [0, 0.05) is 29.2 Å². The molecular formula is C13H17F3N2S. The maximum absolute atomic E-state index is 13.0. The molecule has 0 aliphatic carbocycles. The van der Waals surface area contributed by atoms with Gasteiger partial charge in [0.1, 0.15) is 0 Å². The van der Waals surface area contributed by atoms with Crippen molar-refractivity contribution in [3.63, 3.8) is 0 Å². The first-order chi connectivity index (χ1) is 9.04. The van der Waals surface area contributed by atoms with Crippen molar-refractivity contribution < 1.29 is 13.2 Å². The van der Waals surface area contributed by atoms with Gasteiger partial charge in [0.15, 0.2) is 0 Å². The summed E-state index contributed by atoms with van der Waals surface area (Å²) in [6.07, 6.45) is 1.40. The predicted molar refractivity (Wildman–Crippen MR) is 71.1 cm³/mol. The number of alkyl halides is 3. The molecule has 2 nitrogen and oxygen atoms in total. The van der Waals surface area contributed by atoms with Crippen LogP contribution in [0.3, 0.4) is 0 Å². The third-order valence-corrected chi connectivity index (χ3v) is 4.85. The van der Waals surface area contributed by atoms with Gasteiger partial charge in [-0.05, 0) is 31.7 Å². The first-order valence-electron chi connectivity index (χ1n) is 6.34. The van der Waals surface area contributed by atoms with Crippen molar-refractivity contribution >= 4 is 11.8 Å². The molecule has 1 aliphatic rings. The minimum Gasteiger partial charge on any atom is -0.312 e. The Morgan fingerprint density at radius 3 is 2.79 bits per heavy atom. The summed E-state index contributed by atoms with van der Waals surface area (Å²) in [5.41, 5.74) is -0.315. The second-order valence-electron chi connectivity index (χ2n) is 4.63. The quantitative estimate of drug-likeness (QED) is 0.920. The average molecular weight is 290 g/mol. The normalized spacial score (nSPS) is 22.2. The molecule has 1 fully saturated rings. The van der Waals surface area contributed by atoms with Gasteiger partial charge >= 0.3 is 6.18 Å². The first kappa shape index (κ1) is 14.7. The van der Waals surface area contributed by atoms with Crippen molar-refractivity contribution in [1.29, 1.82) is 0 Å². The Morgan fingerprint density at radius 2 is 2.21 bits per heavy atom. The lowest BCUT2D eigenvalue weighted by atomic mass is 9.96. The molecule has 6 heteroatoms. The van der Waals surface area contributed by atoms with Crippen LogP contribution in [0, 0.1) is 0 Å². The van der Waals surface area contributed by atoms with E-state index in [-0.39, 0.29) is 16.9 Å². The largest absolute Gasteiger partial charge is 0.416 e. The van der Waals surface area contributed by atoms with E-state index in [9.17, 15) is 13.2 Å². The van der Waals surface area contributed by atoms with Crippen molar-refractivity contribution in [2.75, 3.05) is 12.8 Å². The summed E-state index contributed by atoms with van der Waals surface area (Å²) in [6.45, 7) is 0. The molecule has 0 bridgehead atoms. The minimum atomic E-state index is -4.33. The summed E-state index contributed by atoms with van der Waals surface area (Å²) >= 11 is 1.75. The highest BCUT2D eigenvalue weighted by Crippen LogP contribution is 2.39. The number of rotatable bonds is 3. The molecule has 106 valence electrons. The highest BCUT2D eigenvalue weighted by molar-refractivity contribution is 8.00. The zero-order valence-electron chi connectivity index (χ0n) is 10.7. The molecule has 1 aliphatic heterocycles. The van der Waals surface area contributed by atoms with Crippen molar-refractivity contribution in [3.8, 4) is 0 Å². The van der Waals surface area contributed by atoms with Crippen LogP contribution in [0.5, 0.6) is 0 Å². The summed E-state index contributed by atoms with van der Waals surface area (Å²) in [4.78, 5) is 3.87. The van der Waals surface area contributed by atoms with Crippen molar-refractivity contribution in [2.24, 2.45) is 0 Å². The Hall–Kier alpha value is -0.750. The molecule has 1 aromatic rings. The fourth-order valence-corrected chi connectivity index (χ4v) is 3.96. The summed E-state index contributed by atoms with van der Waals surface area (Å²) < 4.78 is 39.1. The smallest absolute Gasteiger partial charge is 0.312 e. The average Bonchev–Trinajstić information content (AvgIpc) is 2.40. The van der Waals surface area contributed by atoms with E-state index in [1.807, 2.05) is 0 Å². The van der Waals surface area contributed by atoms with E-state index >= 15 is 0 Å². The van der Waals surface area contributed by atoms with Gasteiger partial charge in [-0.2, -0.15) is 24.9 Å². The Kier molecular flexibility index (Phi) is 4.73. The van der Waals surface area contributed by atoms with E-state index in [0.29, 0.717) is 0 Å². The minimum absolute atomic E-state index is 0.184. The van der Waals surface area contributed by atoms with Crippen LogP contribution in [-0.4, -0.2) is 23.0 Å². The van der Waals surface area contributed by atoms with Gasteiger partial charge in [-0.3, -0.25) is 4.98 Å². The summed E-state index contributed by atoms with van der Waals surface area (Å²) in [5.74, 6) is 1.02. The second kappa shape index (κ2) is 6.13. The fraction of sp³-hybridized carbons (Fsp3) is 0.615. The Balaban J connectivity index is 2.32. The molecule has 0 saturated carbocycles. The van der Waals surface area contributed by atoms with Crippen LogP contribution in [0.4, 0.5) is 13.2 Å². The Bertz CT molecular complexity index is 417. The van der Waals surface area contributed by atoms with Crippen LogP contribution in [0.25, 0.3) is 0 Å². The molecule has 1 N–H and O–H groups in total. The van der Waals surface area contributed by atoms with Gasteiger partial charge in [0.25, 0.3) is 0 Å². The monoisotopic (exact) mass is 290 g/mol. The maximum atomic E-state index is 13.0. The fourth-order valence-electron chi connectivity index (χ4n) is 2.48. The SMILES string of the molecule is CNC(c1cnccc1C(F)(F)F)C1CCCCS1. The summed E-state index contributed by atoms with van der Waals surface area (Å²) in [6, 6.07) is 0.767. The predicted octanol–water partition coefficient (Wildman–Crippen LogP) is 3.65. The molecular weight excluding hydrogens is 273 g/mol. The number of thioether (sulfide) groups is 1. The zero-order valence-corrected chi connectivity index (χ0v) is 11.5. The molecule has 0 radical (unpaired) electrons. The van der Waals surface area contributed by atoms with E-state index in [1.165, 1.54) is 12.4 Å². The Labute approximate surface area is 115 Å². The highest BCUT2D eigenvalue weighted by atomic mass is 32.2. The van der Waals surface area contributed by atoms with E-state index in [2.05, 4.69) is 10.3 Å². The van der Waals surface area contributed by atoms with Crippen molar-refractivity contribution in [1.82, 2.24) is 10.3 Å². The molecule has 2 unspecified atom stereocenters. The number of hydrogen-bond acceptors (Lipinski definition) is 3. The highest BCUT2D eigenvalue weighted by Gasteiger charge is 2.37. The van der Waals surface area contributed by atoms with Crippen LogP contribution >= 0.6 is 11.8 Å². The molecule has 2 rings (SSSR count). The van der Waals surface area contributed by atoms with E-state index in [1.54, 1.807) is 18.8 Å². The van der Waals surface area contributed by atoms with Gasteiger partial charge in [-0.15, -0.1) is 0 Å². The topological polar surface area (TPSA) is 24.9 Å². The third-order valence-electron chi connectivity index (χ3n) is 3.39. The molecule has 0 spiro atoms. The number of hydrogen-bond donors (Lipinski definition) is 1. The molecule has 2 heterocycles. The molecule has 1 saturated heterocycles. The summed E-state index contributed by atoms with van der Waals surface area (Å²) in [5, 5.41) is 3.22. The zero-order chi connectivity index (χ0) is 13.9. The van der Waals surface area contributed by atoms with Gasteiger partial charge in [0.2, 0.25) is 0 Å². The van der Waals surface area contributed by atoms with Gasteiger partial charge < -0.3 is 5.32 Å². The number of nitrogens with one attached hydrogen (secondary N) is 1. The number of halogens is 3. The molecule has 0 aromatic carbocycles. The molecule has 1 aromatic heterocycles. The first-order valence-corrected chi connectivity index (χ1v) is 7.39. The van der Waals surface area contributed by atoms with Crippen molar-refractivity contribution in [3.05, 3.63) is 29.6 Å². The van der Waals surface area contributed by atoms with Gasteiger partial charge in [-0.25, -0.2) is 0 Å². The lowest BCUT2D eigenvalue weighted by molar-refractivity contribution is -0.138. The van der Waals surface area contributed by atoms with Gasteiger partial charge in [-0.1, -0.05) is 6.42 Å². The standard InChI is InChI=1S/C13H17F3N2S/c1-17-12(11-4-2-3-7-19-11)9-8-18-6-5-10(9)13(14,15)16/h5-6,8,11-12,17H,2-4,7H2,1H3. The maximum Gasteiger partial charge on any atom is 0.416 e. The van der Waals surface area contributed by atoms with Crippen LogP contribution < -0.4 is 5.32 Å². The number of aromatic nitrogens is 1. The van der Waals surface area contributed by atoms with E-state index < -0.39 is 11.7 Å². The number of nitrogens with zero attached hydrogens (tertiary/aromatic N) is 1. The number of pyridine rings is 1. The lowest BCUT2D eigenvalue weighted by Gasteiger charge is -2.31. The third kappa shape index (κ3) is 3.42. The molecule has 2 atom stereocenters. The van der Waals surface area contributed by atoms with Crippen LogP contribution in [0.15, 0.2) is 18.5 Å². The van der Waals surface area contributed by atoms with Crippen molar-refractivity contribution in [2.45, 2.75) is 36.7 Å². The van der Waals surface area contributed by atoms with Crippen LogP contribution in [-0.2, 0) is 6.18 Å². The van der Waals surface area contributed by atoms with Crippen LogP contribution in [0.2, 0.25) is 0 Å².